The van der Waals surface area contributed by atoms with E-state index < -0.39 is 0 Å². The van der Waals surface area contributed by atoms with Crippen molar-refractivity contribution in [2.45, 2.75) is 44.8 Å². The van der Waals surface area contributed by atoms with Crippen molar-refractivity contribution < 1.29 is 9.90 Å². The second-order valence-corrected chi connectivity index (χ2v) is 6.36. The first-order chi connectivity index (χ1) is 8.66. The van der Waals surface area contributed by atoms with Crippen LogP contribution >= 0.6 is 0 Å². The van der Waals surface area contributed by atoms with Gasteiger partial charge in [0.2, 0.25) is 5.91 Å². The Morgan fingerprint density at radius 2 is 2.11 bits per heavy atom. The number of nitrogens with one attached hydrogen (secondary N) is 1. The topological polar surface area (TPSA) is 52.6 Å². The van der Waals surface area contributed by atoms with Crippen molar-refractivity contribution in [2.24, 2.45) is 17.8 Å². The van der Waals surface area contributed by atoms with Gasteiger partial charge >= 0.3 is 0 Å². The lowest BCUT2D eigenvalue weighted by Crippen LogP contribution is -2.52. The summed E-state index contributed by atoms with van der Waals surface area (Å²) in [5, 5.41) is 13.3. The number of likely N-dealkylation sites (tertiary alicyclic amines) is 1. The van der Waals surface area contributed by atoms with Crippen LogP contribution in [0.2, 0.25) is 0 Å². The summed E-state index contributed by atoms with van der Waals surface area (Å²) in [6, 6.07) is 0.00900. The maximum atomic E-state index is 12.5. The molecule has 4 heteroatoms. The van der Waals surface area contributed by atoms with E-state index in [1.807, 2.05) is 4.90 Å². The molecule has 4 nitrogen and oxygen atoms in total. The predicted octanol–water partition coefficient (Wildman–Crippen LogP) is 0.604. The minimum atomic E-state index is -0.176. The molecular formula is C14H24N2O2. The van der Waals surface area contributed by atoms with Gasteiger partial charge in [0.05, 0.1) is 12.1 Å². The molecule has 1 saturated carbocycles. The van der Waals surface area contributed by atoms with Crippen molar-refractivity contribution in [1.29, 1.82) is 0 Å². The first-order valence-corrected chi connectivity index (χ1v) is 7.37. The van der Waals surface area contributed by atoms with E-state index in [9.17, 15) is 9.90 Å². The highest BCUT2D eigenvalue weighted by molar-refractivity contribution is 5.82. The van der Waals surface area contributed by atoms with Gasteiger partial charge in [0.25, 0.3) is 0 Å². The molecule has 3 fully saturated rings. The highest BCUT2D eigenvalue weighted by atomic mass is 16.3. The van der Waals surface area contributed by atoms with Gasteiger partial charge in [-0.15, -0.1) is 0 Å². The molecule has 3 aliphatic rings. The van der Waals surface area contributed by atoms with E-state index in [1.165, 1.54) is 6.42 Å². The molecule has 18 heavy (non-hydrogen) atoms. The Hall–Kier alpha value is -0.610. The number of hydrogen-bond acceptors (Lipinski definition) is 3. The Balaban J connectivity index is 1.64. The monoisotopic (exact) mass is 252 g/mol. The minimum Gasteiger partial charge on any atom is -0.393 e. The molecule has 3 rings (SSSR count). The number of nitrogens with zero attached hydrogens (tertiary/aromatic N) is 1. The number of hydrogen-bond donors (Lipinski definition) is 2. The predicted molar refractivity (Wildman–Crippen MR) is 69.0 cm³/mol. The van der Waals surface area contributed by atoms with Crippen LogP contribution in [0, 0.1) is 17.8 Å². The molecule has 0 radical (unpaired) electrons. The van der Waals surface area contributed by atoms with E-state index in [1.54, 1.807) is 0 Å². The van der Waals surface area contributed by atoms with E-state index in [2.05, 4.69) is 12.2 Å². The lowest BCUT2D eigenvalue weighted by Gasteiger charge is -2.32. The summed E-state index contributed by atoms with van der Waals surface area (Å²) in [6.07, 6.45) is 4.16. The zero-order chi connectivity index (χ0) is 12.7. The molecule has 5 unspecified atom stereocenters. The molecule has 0 bridgehead atoms. The number of carbonyl (C=O) groups excluding carboxylic acids is 1. The Kier molecular flexibility index (Phi) is 3.32. The molecule has 2 heterocycles. The van der Waals surface area contributed by atoms with E-state index >= 15 is 0 Å². The quantitative estimate of drug-likeness (QED) is 0.719. The number of fused-ring (bicyclic) bond motifs is 1. The first kappa shape index (κ1) is 12.4. The molecule has 0 aromatic rings. The third-order valence-corrected chi connectivity index (χ3v) is 5.17. The Labute approximate surface area is 109 Å². The summed E-state index contributed by atoms with van der Waals surface area (Å²) in [5.41, 5.74) is 0. The molecule has 1 aliphatic carbocycles. The second kappa shape index (κ2) is 4.82. The SMILES string of the molecule is CC1CCCNC1C(=O)N1CC2CCC(O)C2C1. The third-order valence-electron chi connectivity index (χ3n) is 5.17. The zero-order valence-electron chi connectivity index (χ0n) is 11.1. The molecule has 2 N–H and O–H groups in total. The fraction of sp³-hybridized carbons (Fsp3) is 0.929. The summed E-state index contributed by atoms with van der Waals surface area (Å²) in [6.45, 7) is 4.77. The van der Waals surface area contributed by atoms with Crippen molar-refractivity contribution in [3.8, 4) is 0 Å². The van der Waals surface area contributed by atoms with Gasteiger partial charge in [0, 0.05) is 19.0 Å². The molecule has 0 aromatic carbocycles. The fourth-order valence-electron chi connectivity index (χ4n) is 3.99. The molecule has 2 saturated heterocycles. The molecule has 1 amide bonds. The minimum absolute atomic E-state index is 0.00900. The fourth-order valence-corrected chi connectivity index (χ4v) is 3.99. The van der Waals surface area contributed by atoms with Gasteiger partial charge in [0.1, 0.15) is 0 Å². The highest BCUT2D eigenvalue weighted by Crippen LogP contribution is 2.38. The summed E-state index contributed by atoms with van der Waals surface area (Å²) < 4.78 is 0. The average Bonchev–Trinajstić information content (AvgIpc) is 2.92. The molecule has 102 valence electrons. The van der Waals surface area contributed by atoms with Crippen molar-refractivity contribution in [3.05, 3.63) is 0 Å². The number of rotatable bonds is 1. The zero-order valence-corrected chi connectivity index (χ0v) is 11.1. The molecule has 0 spiro atoms. The van der Waals surface area contributed by atoms with Crippen LogP contribution in [-0.4, -0.2) is 47.7 Å². The van der Waals surface area contributed by atoms with Crippen LogP contribution in [0.1, 0.15) is 32.6 Å². The summed E-state index contributed by atoms with van der Waals surface area (Å²) in [5.74, 6) is 1.59. The van der Waals surface area contributed by atoms with Gasteiger partial charge in [-0.3, -0.25) is 4.79 Å². The smallest absolute Gasteiger partial charge is 0.240 e. The number of aliphatic hydroxyl groups excluding tert-OH is 1. The van der Waals surface area contributed by atoms with Crippen LogP contribution in [-0.2, 0) is 4.79 Å². The maximum absolute atomic E-state index is 12.5. The third kappa shape index (κ3) is 2.05. The highest BCUT2D eigenvalue weighted by Gasteiger charge is 2.45. The average molecular weight is 252 g/mol. The normalized spacial score (nSPS) is 44.1. The van der Waals surface area contributed by atoms with Crippen LogP contribution in [0.3, 0.4) is 0 Å². The van der Waals surface area contributed by atoms with Crippen LogP contribution in [0.5, 0.6) is 0 Å². The van der Waals surface area contributed by atoms with Gasteiger partial charge in [0.15, 0.2) is 0 Å². The van der Waals surface area contributed by atoms with Crippen LogP contribution < -0.4 is 5.32 Å². The maximum Gasteiger partial charge on any atom is 0.240 e. The number of piperidine rings is 1. The lowest BCUT2D eigenvalue weighted by molar-refractivity contribution is -0.134. The summed E-state index contributed by atoms with van der Waals surface area (Å²) in [7, 11) is 0. The van der Waals surface area contributed by atoms with Gasteiger partial charge in [-0.1, -0.05) is 6.92 Å². The standard InChI is InChI=1S/C14H24N2O2/c1-9-3-2-6-15-13(9)14(18)16-7-10-4-5-12(17)11(10)8-16/h9-13,15,17H,2-8H2,1H3. The molecule has 2 aliphatic heterocycles. The van der Waals surface area contributed by atoms with E-state index in [0.717, 1.165) is 38.9 Å². The molecule has 5 atom stereocenters. The number of aliphatic hydroxyl groups is 1. The van der Waals surface area contributed by atoms with Crippen molar-refractivity contribution in [2.75, 3.05) is 19.6 Å². The van der Waals surface area contributed by atoms with Crippen molar-refractivity contribution >= 4 is 5.91 Å². The van der Waals surface area contributed by atoms with Crippen LogP contribution in [0.25, 0.3) is 0 Å². The summed E-state index contributed by atoms with van der Waals surface area (Å²) >= 11 is 0. The van der Waals surface area contributed by atoms with E-state index in [-0.39, 0.29) is 18.1 Å². The largest absolute Gasteiger partial charge is 0.393 e. The van der Waals surface area contributed by atoms with E-state index in [0.29, 0.717) is 17.8 Å². The van der Waals surface area contributed by atoms with Gasteiger partial charge < -0.3 is 15.3 Å². The molecule has 0 aromatic heterocycles. The molecular weight excluding hydrogens is 228 g/mol. The number of carbonyl (C=O) groups is 1. The first-order valence-electron chi connectivity index (χ1n) is 7.37. The van der Waals surface area contributed by atoms with Crippen molar-refractivity contribution in [3.63, 3.8) is 0 Å². The number of amides is 1. The summed E-state index contributed by atoms with van der Waals surface area (Å²) in [4.78, 5) is 14.5. The van der Waals surface area contributed by atoms with Gasteiger partial charge in [-0.2, -0.15) is 0 Å². The van der Waals surface area contributed by atoms with Crippen molar-refractivity contribution in [1.82, 2.24) is 10.2 Å². The van der Waals surface area contributed by atoms with E-state index in [4.69, 9.17) is 0 Å². The van der Waals surface area contributed by atoms with Gasteiger partial charge in [-0.25, -0.2) is 0 Å². The van der Waals surface area contributed by atoms with Crippen LogP contribution in [0.4, 0.5) is 0 Å². The Morgan fingerprint density at radius 1 is 1.28 bits per heavy atom. The van der Waals surface area contributed by atoms with Crippen LogP contribution in [0.15, 0.2) is 0 Å². The lowest BCUT2D eigenvalue weighted by atomic mass is 9.92. The Bertz CT molecular complexity index is 334. The van der Waals surface area contributed by atoms with Gasteiger partial charge in [-0.05, 0) is 44.1 Å². The second-order valence-electron chi connectivity index (χ2n) is 6.36. The Morgan fingerprint density at radius 3 is 2.83 bits per heavy atom.